The van der Waals surface area contributed by atoms with Crippen molar-refractivity contribution < 1.29 is 29.6 Å². The summed E-state index contributed by atoms with van der Waals surface area (Å²) < 4.78 is 5.35. The Hall–Kier alpha value is -1.02. The smallest absolute Gasteiger partial charge is 0.217 e. The van der Waals surface area contributed by atoms with Gasteiger partial charge in [0, 0.05) is 13.3 Å². The molecule has 1 rings (SSSR count). The van der Waals surface area contributed by atoms with Gasteiger partial charge in [-0.15, -0.1) is 0 Å². The SMILES string of the molecule is CC(=O)C[C@@H]1O[C@H](CO)[C@@H](O)[C@H](O)[C@@H]1NC(C)=O. The molecule has 0 bridgehead atoms. The third-order valence-corrected chi connectivity index (χ3v) is 2.89. The fraction of sp³-hybridized carbons (Fsp3) is 0.818. The molecule has 1 saturated heterocycles. The summed E-state index contributed by atoms with van der Waals surface area (Å²) in [4.78, 5) is 22.2. The maximum atomic E-state index is 11.1. The summed E-state index contributed by atoms with van der Waals surface area (Å²) in [6.07, 6.45) is -4.33. The number of nitrogens with one attached hydrogen (secondary N) is 1. The van der Waals surface area contributed by atoms with Crippen molar-refractivity contribution in [1.82, 2.24) is 5.32 Å². The van der Waals surface area contributed by atoms with Crippen LogP contribution in [0.25, 0.3) is 0 Å². The lowest BCUT2D eigenvalue weighted by molar-refractivity contribution is -0.196. The van der Waals surface area contributed by atoms with E-state index in [-0.39, 0.29) is 12.2 Å². The highest BCUT2D eigenvalue weighted by atomic mass is 16.5. The van der Waals surface area contributed by atoms with E-state index in [1.54, 1.807) is 0 Å². The Morgan fingerprint density at radius 1 is 1.17 bits per heavy atom. The van der Waals surface area contributed by atoms with Crippen molar-refractivity contribution in [2.24, 2.45) is 0 Å². The van der Waals surface area contributed by atoms with Crippen LogP contribution in [0, 0.1) is 0 Å². The van der Waals surface area contributed by atoms with Crippen molar-refractivity contribution in [2.45, 2.75) is 50.7 Å². The Morgan fingerprint density at radius 3 is 2.22 bits per heavy atom. The number of aliphatic hydroxyl groups excluding tert-OH is 3. The Kier molecular flexibility index (Phi) is 5.21. The monoisotopic (exact) mass is 261 g/mol. The second kappa shape index (κ2) is 6.24. The quantitative estimate of drug-likeness (QED) is 0.463. The summed E-state index contributed by atoms with van der Waals surface area (Å²) in [6, 6.07) is -0.871. The van der Waals surface area contributed by atoms with Crippen LogP contribution in [-0.4, -0.2) is 64.1 Å². The predicted octanol–water partition coefficient (Wildman–Crippen LogP) is -2.05. The van der Waals surface area contributed by atoms with E-state index in [4.69, 9.17) is 9.84 Å². The van der Waals surface area contributed by atoms with Gasteiger partial charge in [0.05, 0.1) is 18.8 Å². The minimum atomic E-state index is -1.31. The van der Waals surface area contributed by atoms with Gasteiger partial charge in [-0.1, -0.05) is 0 Å². The zero-order valence-corrected chi connectivity index (χ0v) is 10.4. The molecular weight excluding hydrogens is 242 g/mol. The lowest BCUT2D eigenvalue weighted by Crippen LogP contribution is -2.64. The second-order valence-electron chi connectivity index (χ2n) is 4.51. The van der Waals surface area contributed by atoms with Gasteiger partial charge in [-0.2, -0.15) is 0 Å². The first-order valence-electron chi connectivity index (χ1n) is 5.75. The number of hydrogen-bond donors (Lipinski definition) is 4. The van der Waals surface area contributed by atoms with Crippen LogP contribution >= 0.6 is 0 Å². The van der Waals surface area contributed by atoms with Gasteiger partial charge in [-0.3, -0.25) is 9.59 Å². The second-order valence-corrected chi connectivity index (χ2v) is 4.51. The van der Waals surface area contributed by atoms with E-state index in [0.717, 1.165) is 0 Å². The van der Waals surface area contributed by atoms with Crippen LogP contribution < -0.4 is 5.32 Å². The topological polar surface area (TPSA) is 116 Å². The van der Waals surface area contributed by atoms with Crippen LogP contribution in [-0.2, 0) is 14.3 Å². The molecule has 7 heteroatoms. The molecule has 0 radical (unpaired) electrons. The highest BCUT2D eigenvalue weighted by molar-refractivity contribution is 5.77. The van der Waals surface area contributed by atoms with Gasteiger partial charge >= 0.3 is 0 Å². The van der Waals surface area contributed by atoms with Crippen molar-refractivity contribution in [3.63, 3.8) is 0 Å². The van der Waals surface area contributed by atoms with Crippen molar-refractivity contribution in [1.29, 1.82) is 0 Å². The van der Waals surface area contributed by atoms with Crippen molar-refractivity contribution in [3.8, 4) is 0 Å². The maximum absolute atomic E-state index is 11.1. The Bertz CT molecular complexity index is 321. The number of amides is 1. The lowest BCUT2D eigenvalue weighted by Gasteiger charge is -2.42. The van der Waals surface area contributed by atoms with Gasteiger partial charge < -0.3 is 25.4 Å². The van der Waals surface area contributed by atoms with E-state index in [9.17, 15) is 19.8 Å². The van der Waals surface area contributed by atoms with E-state index in [2.05, 4.69) is 5.32 Å². The molecule has 0 aromatic rings. The van der Waals surface area contributed by atoms with E-state index in [1.165, 1.54) is 13.8 Å². The molecule has 0 saturated carbocycles. The standard InChI is InChI=1S/C11H19NO6/c1-5(14)3-7-9(12-6(2)15)11(17)10(16)8(4-13)18-7/h7-11,13,16-17H,3-4H2,1-2H3,(H,12,15)/t7-,8+,9+,10+,11+/m0/s1. The number of rotatable bonds is 4. The summed E-state index contributed by atoms with van der Waals surface area (Å²) in [6.45, 7) is 2.15. The van der Waals surface area contributed by atoms with E-state index in [0.29, 0.717) is 0 Å². The van der Waals surface area contributed by atoms with Gasteiger partial charge in [-0.25, -0.2) is 0 Å². The minimum absolute atomic E-state index is 0.00870. The molecule has 1 fully saturated rings. The Labute approximate surface area is 105 Å². The molecule has 0 aromatic heterocycles. The van der Waals surface area contributed by atoms with Gasteiger partial charge in [-0.05, 0) is 6.92 Å². The maximum Gasteiger partial charge on any atom is 0.217 e. The molecule has 18 heavy (non-hydrogen) atoms. The van der Waals surface area contributed by atoms with Crippen molar-refractivity contribution >= 4 is 11.7 Å². The summed E-state index contributed by atoms with van der Waals surface area (Å²) in [5.41, 5.74) is 0. The van der Waals surface area contributed by atoms with Crippen molar-refractivity contribution in [2.75, 3.05) is 6.61 Å². The van der Waals surface area contributed by atoms with Crippen LogP contribution in [0.4, 0.5) is 0 Å². The molecule has 4 N–H and O–H groups in total. The molecular formula is C11H19NO6. The third-order valence-electron chi connectivity index (χ3n) is 2.89. The van der Waals surface area contributed by atoms with E-state index < -0.39 is 43.0 Å². The van der Waals surface area contributed by atoms with Crippen LogP contribution in [0.1, 0.15) is 20.3 Å². The Balaban J connectivity index is 2.86. The third kappa shape index (κ3) is 3.49. The molecule has 0 unspecified atom stereocenters. The van der Waals surface area contributed by atoms with Crippen LogP contribution in [0.2, 0.25) is 0 Å². The van der Waals surface area contributed by atoms with Crippen LogP contribution in [0.15, 0.2) is 0 Å². The van der Waals surface area contributed by atoms with Gasteiger partial charge in [0.2, 0.25) is 5.91 Å². The predicted molar refractivity (Wildman–Crippen MR) is 60.7 cm³/mol. The number of ether oxygens (including phenoxy) is 1. The number of hydrogen-bond acceptors (Lipinski definition) is 6. The normalized spacial score (nSPS) is 36.2. The summed E-state index contributed by atoms with van der Waals surface area (Å²) >= 11 is 0. The van der Waals surface area contributed by atoms with Crippen molar-refractivity contribution in [3.05, 3.63) is 0 Å². The molecule has 1 amide bonds. The molecule has 1 aliphatic rings. The molecule has 0 aliphatic carbocycles. The number of carbonyl (C=O) groups is 2. The van der Waals surface area contributed by atoms with E-state index >= 15 is 0 Å². The summed E-state index contributed by atoms with van der Waals surface area (Å²) in [5, 5.41) is 31.1. The van der Waals surface area contributed by atoms with Gasteiger partial charge in [0.1, 0.15) is 24.1 Å². The van der Waals surface area contributed by atoms with Crippen LogP contribution in [0.5, 0.6) is 0 Å². The Morgan fingerprint density at radius 2 is 1.78 bits per heavy atom. The van der Waals surface area contributed by atoms with Crippen LogP contribution in [0.3, 0.4) is 0 Å². The molecule has 1 heterocycles. The average Bonchev–Trinajstić information content (AvgIpc) is 2.27. The lowest BCUT2D eigenvalue weighted by atomic mass is 9.90. The zero-order chi connectivity index (χ0) is 13.9. The first kappa shape index (κ1) is 15.0. The fourth-order valence-electron chi connectivity index (χ4n) is 2.06. The zero-order valence-electron chi connectivity index (χ0n) is 10.4. The largest absolute Gasteiger partial charge is 0.394 e. The number of ketones is 1. The highest BCUT2D eigenvalue weighted by Crippen LogP contribution is 2.23. The summed E-state index contributed by atoms with van der Waals surface area (Å²) in [7, 11) is 0. The highest BCUT2D eigenvalue weighted by Gasteiger charge is 2.44. The molecule has 1 aliphatic heterocycles. The molecule has 0 spiro atoms. The molecule has 104 valence electrons. The van der Waals surface area contributed by atoms with E-state index in [1.807, 2.05) is 0 Å². The number of carbonyl (C=O) groups excluding carboxylic acids is 2. The minimum Gasteiger partial charge on any atom is -0.394 e. The number of Topliss-reactive ketones (excluding diaryl/α,β-unsaturated/α-hetero) is 1. The summed E-state index contributed by atoms with van der Waals surface area (Å²) in [5.74, 6) is -0.568. The van der Waals surface area contributed by atoms with Gasteiger partial charge in [0.25, 0.3) is 0 Å². The molecule has 0 aromatic carbocycles. The molecule has 7 nitrogen and oxygen atoms in total. The first-order valence-corrected chi connectivity index (χ1v) is 5.75. The van der Waals surface area contributed by atoms with Gasteiger partial charge in [0.15, 0.2) is 0 Å². The molecule has 5 atom stereocenters. The fourth-order valence-corrected chi connectivity index (χ4v) is 2.06. The first-order chi connectivity index (χ1) is 8.36. The number of aliphatic hydroxyl groups is 3. The average molecular weight is 261 g/mol.